The Morgan fingerprint density at radius 1 is 1.38 bits per heavy atom. The van der Waals surface area contributed by atoms with Gasteiger partial charge in [0, 0.05) is 5.56 Å². The van der Waals surface area contributed by atoms with Crippen molar-refractivity contribution >= 4 is 28.6 Å². The summed E-state index contributed by atoms with van der Waals surface area (Å²) in [5.74, 6) is -1.40. The van der Waals surface area contributed by atoms with Gasteiger partial charge in [-0.2, -0.15) is 5.10 Å². The molecule has 1 aromatic heterocycles. The van der Waals surface area contributed by atoms with Gasteiger partial charge in [-0.1, -0.05) is 0 Å². The number of aromatic nitrogens is 2. The molecule has 0 aliphatic rings. The van der Waals surface area contributed by atoms with Crippen molar-refractivity contribution in [1.29, 1.82) is 0 Å². The van der Waals surface area contributed by atoms with Gasteiger partial charge in [0.25, 0.3) is 0 Å². The molecule has 0 unspecified atom stereocenters. The lowest BCUT2D eigenvalue weighted by Gasteiger charge is -1.97. The molecular weight excluding hydrogens is 326 g/mol. The number of nitrogens with zero attached hydrogens (tertiary/aromatic N) is 1. The average molecular weight is 332 g/mol. The Balaban J connectivity index is 2.49. The van der Waals surface area contributed by atoms with Crippen LogP contribution in [0.2, 0.25) is 0 Å². The molecule has 2 rings (SSSR count). The van der Waals surface area contributed by atoms with Crippen LogP contribution in [0.3, 0.4) is 0 Å². The zero-order valence-corrected chi connectivity index (χ0v) is 10.0. The van der Waals surface area contributed by atoms with Crippen LogP contribution in [0.5, 0.6) is 0 Å². The quantitative estimate of drug-likeness (QED) is 0.831. The molecule has 0 aliphatic heterocycles. The maximum atomic E-state index is 12.7. The van der Waals surface area contributed by atoms with Gasteiger partial charge in [-0.05, 0) is 46.9 Å². The summed E-state index contributed by atoms with van der Waals surface area (Å²) in [6, 6.07) is 5.72. The molecule has 0 aliphatic carbocycles. The maximum absolute atomic E-state index is 12.7. The summed E-state index contributed by atoms with van der Waals surface area (Å²) in [7, 11) is 0. The second kappa shape index (κ2) is 4.20. The molecule has 6 heteroatoms. The van der Waals surface area contributed by atoms with E-state index < -0.39 is 5.97 Å². The second-order valence-corrected chi connectivity index (χ2v) is 4.15. The third kappa shape index (κ3) is 1.92. The van der Waals surface area contributed by atoms with Gasteiger partial charge in [0.2, 0.25) is 0 Å². The number of benzene rings is 1. The summed E-state index contributed by atoms with van der Waals surface area (Å²) in [6.45, 7) is 0. The monoisotopic (exact) mass is 332 g/mol. The van der Waals surface area contributed by atoms with Crippen molar-refractivity contribution in [2.24, 2.45) is 0 Å². The number of nitrogens with one attached hydrogen (secondary N) is 1. The normalized spacial score (nSPS) is 10.4. The van der Waals surface area contributed by atoms with Gasteiger partial charge in [0.05, 0.1) is 3.57 Å². The van der Waals surface area contributed by atoms with Crippen LogP contribution in [0, 0.1) is 9.39 Å². The third-order valence-corrected chi connectivity index (χ3v) is 3.09. The molecule has 0 bridgehead atoms. The minimum atomic E-state index is -1.06. The van der Waals surface area contributed by atoms with E-state index in [-0.39, 0.29) is 11.5 Å². The van der Waals surface area contributed by atoms with Gasteiger partial charge < -0.3 is 5.11 Å². The highest BCUT2D eigenvalue weighted by atomic mass is 127. The number of carboxylic acids is 1. The van der Waals surface area contributed by atoms with E-state index in [1.165, 1.54) is 12.1 Å². The number of carboxylic acid groups (broad SMARTS) is 1. The van der Waals surface area contributed by atoms with Crippen LogP contribution in [-0.2, 0) is 0 Å². The minimum absolute atomic E-state index is 0.0416. The molecule has 0 spiro atoms. The summed E-state index contributed by atoms with van der Waals surface area (Å²) >= 11 is 1.90. The fraction of sp³-hybridized carbons (Fsp3) is 0. The number of hydrogen-bond acceptors (Lipinski definition) is 2. The van der Waals surface area contributed by atoms with Crippen LogP contribution in [-0.4, -0.2) is 21.3 Å². The number of carbonyl (C=O) groups is 1. The Hall–Kier alpha value is -1.44. The van der Waals surface area contributed by atoms with Gasteiger partial charge in [0.15, 0.2) is 5.69 Å². The fourth-order valence-electron chi connectivity index (χ4n) is 1.27. The smallest absolute Gasteiger partial charge is 0.355 e. The highest BCUT2D eigenvalue weighted by Gasteiger charge is 2.17. The van der Waals surface area contributed by atoms with Crippen molar-refractivity contribution in [3.8, 4) is 11.3 Å². The predicted molar refractivity (Wildman–Crippen MR) is 63.7 cm³/mol. The van der Waals surface area contributed by atoms with E-state index in [1.807, 2.05) is 22.6 Å². The lowest BCUT2D eigenvalue weighted by Crippen LogP contribution is -1.98. The van der Waals surface area contributed by atoms with E-state index in [9.17, 15) is 9.18 Å². The van der Waals surface area contributed by atoms with Gasteiger partial charge in [-0.3, -0.25) is 5.10 Å². The molecular formula is C10H6FIN2O2. The van der Waals surface area contributed by atoms with Crippen molar-refractivity contribution < 1.29 is 14.3 Å². The topological polar surface area (TPSA) is 66.0 Å². The Labute approximate surface area is 104 Å². The Morgan fingerprint density at radius 2 is 2.00 bits per heavy atom. The maximum Gasteiger partial charge on any atom is 0.355 e. The summed E-state index contributed by atoms with van der Waals surface area (Å²) < 4.78 is 13.2. The standard InChI is InChI=1S/C10H6FIN2O2/c11-6-3-1-5(2-4-6)8-7(12)9(10(15)16)14-13-8/h1-4H,(H,13,14)(H,15,16). The molecule has 4 nitrogen and oxygen atoms in total. The van der Waals surface area contributed by atoms with Crippen molar-refractivity contribution in [3.63, 3.8) is 0 Å². The average Bonchev–Trinajstić information content (AvgIpc) is 2.61. The summed E-state index contributed by atoms with van der Waals surface area (Å²) in [4.78, 5) is 10.8. The molecule has 2 N–H and O–H groups in total. The molecule has 1 aromatic carbocycles. The number of rotatable bonds is 2. The van der Waals surface area contributed by atoms with Gasteiger partial charge in [-0.15, -0.1) is 0 Å². The number of H-pyrrole nitrogens is 1. The molecule has 16 heavy (non-hydrogen) atoms. The number of aromatic amines is 1. The predicted octanol–water partition coefficient (Wildman–Crippen LogP) is 2.52. The zero-order valence-electron chi connectivity index (χ0n) is 7.87. The molecule has 1 heterocycles. The molecule has 0 saturated heterocycles. The zero-order chi connectivity index (χ0) is 11.7. The first-order valence-corrected chi connectivity index (χ1v) is 5.40. The van der Waals surface area contributed by atoms with Gasteiger partial charge >= 0.3 is 5.97 Å². The lowest BCUT2D eigenvalue weighted by atomic mass is 10.1. The van der Waals surface area contributed by atoms with Crippen molar-refractivity contribution in [2.45, 2.75) is 0 Å². The van der Waals surface area contributed by atoms with Gasteiger partial charge in [-0.25, -0.2) is 9.18 Å². The Bertz CT molecular complexity index is 536. The molecule has 2 aromatic rings. The van der Waals surface area contributed by atoms with Crippen LogP contribution in [0.25, 0.3) is 11.3 Å². The molecule has 82 valence electrons. The van der Waals surface area contributed by atoms with Crippen LogP contribution >= 0.6 is 22.6 Å². The van der Waals surface area contributed by atoms with Gasteiger partial charge in [0.1, 0.15) is 11.5 Å². The van der Waals surface area contributed by atoms with Crippen LogP contribution in [0.1, 0.15) is 10.5 Å². The SMILES string of the molecule is O=C(O)c1[nH]nc(-c2ccc(F)cc2)c1I. The first-order chi connectivity index (χ1) is 7.59. The van der Waals surface area contributed by atoms with E-state index in [0.29, 0.717) is 14.8 Å². The van der Waals surface area contributed by atoms with Crippen LogP contribution < -0.4 is 0 Å². The second-order valence-electron chi connectivity index (χ2n) is 3.07. The molecule has 0 fully saturated rings. The van der Waals surface area contributed by atoms with Crippen LogP contribution in [0.15, 0.2) is 24.3 Å². The minimum Gasteiger partial charge on any atom is -0.476 e. The Morgan fingerprint density at radius 3 is 2.50 bits per heavy atom. The van der Waals surface area contributed by atoms with E-state index in [0.717, 1.165) is 0 Å². The van der Waals surface area contributed by atoms with E-state index in [1.54, 1.807) is 12.1 Å². The van der Waals surface area contributed by atoms with Crippen LogP contribution in [0.4, 0.5) is 4.39 Å². The summed E-state index contributed by atoms with van der Waals surface area (Å²) in [5.41, 5.74) is 1.23. The highest BCUT2D eigenvalue weighted by molar-refractivity contribution is 14.1. The fourth-order valence-corrected chi connectivity index (χ4v) is 2.05. The molecule has 0 amide bonds. The lowest BCUT2D eigenvalue weighted by molar-refractivity contribution is 0.0689. The number of aromatic carboxylic acids is 1. The van der Waals surface area contributed by atoms with E-state index in [2.05, 4.69) is 10.2 Å². The first-order valence-electron chi connectivity index (χ1n) is 4.32. The van der Waals surface area contributed by atoms with Crippen molar-refractivity contribution in [3.05, 3.63) is 39.3 Å². The molecule has 0 saturated carbocycles. The third-order valence-electron chi connectivity index (χ3n) is 2.04. The molecule has 0 atom stereocenters. The number of halogens is 2. The van der Waals surface area contributed by atoms with Crippen molar-refractivity contribution in [2.75, 3.05) is 0 Å². The Kier molecular flexibility index (Phi) is 2.90. The van der Waals surface area contributed by atoms with E-state index in [4.69, 9.17) is 5.11 Å². The molecule has 0 radical (unpaired) electrons. The largest absolute Gasteiger partial charge is 0.476 e. The summed E-state index contributed by atoms with van der Waals surface area (Å²) in [5, 5.41) is 15.2. The first kappa shape index (κ1) is 11.1. The van der Waals surface area contributed by atoms with E-state index >= 15 is 0 Å². The number of hydrogen-bond donors (Lipinski definition) is 2. The van der Waals surface area contributed by atoms with Crippen molar-refractivity contribution in [1.82, 2.24) is 10.2 Å². The highest BCUT2D eigenvalue weighted by Crippen LogP contribution is 2.25. The summed E-state index contributed by atoms with van der Waals surface area (Å²) in [6.07, 6.45) is 0.